The van der Waals surface area contributed by atoms with Crippen molar-refractivity contribution in [3.63, 3.8) is 0 Å². The van der Waals surface area contributed by atoms with Gasteiger partial charge < -0.3 is 10.1 Å². The van der Waals surface area contributed by atoms with Gasteiger partial charge in [-0.2, -0.15) is 12.8 Å². The van der Waals surface area contributed by atoms with E-state index in [1.165, 1.54) is 12.1 Å². The van der Waals surface area contributed by atoms with Gasteiger partial charge in [-0.1, -0.05) is 42.0 Å². The number of ether oxygens (including phenoxy) is 1. The number of carbonyl (C=O) groups excluding carboxylic acids is 2. The van der Waals surface area contributed by atoms with Gasteiger partial charge in [-0.15, -0.1) is 0 Å². The number of nitrogens with one attached hydrogen (secondary N) is 1. The summed E-state index contributed by atoms with van der Waals surface area (Å²) in [5.41, 5.74) is 3.58. The van der Waals surface area contributed by atoms with Crippen LogP contribution in [0.3, 0.4) is 0 Å². The molecule has 0 saturated carbocycles. The molecule has 8 heteroatoms. The standard InChI is InChI=1S/C27H24N2O5S/c1-4-34-27(31)19-10-12-20(13-11-19)28-24-16-23(21-7-5-6-8-22(21)26(24)30)29-35(32,33)25-14-9-17(2)15-18(25)3/h5-16,28H,4H2,1-3H3. The highest BCUT2D eigenvalue weighted by molar-refractivity contribution is 7.90. The van der Waals surface area contributed by atoms with Crippen molar-refractivity contribution in [1.29, 1.82) is 0 Å². The maximum atomic E-state index is 13.2. The van der Waals surface area contributed by atoms with Crippen LogP contribution in [0, 0.1) is 13.8 Å². The number of allylic oxidation sites excluding steroid dienone is 2. The second-order valence-corrected chi connectivity index (χ2v) is 9.65. The van der Waals surface area contributed by atoms with E-state index in [0.29, 0.717) is 27.9 Å². The van der Waals surface area contributed by atoms with Crippen LogP contribution in [0.1, 0.15) is 44.3 Å². The smallest absolute Gasteiger partial charge is 0.338 e. The van der Waals surface area contributed by atoms with Crippen molar-refractivity contribution in [2.75, 3.05) is 11.9 Å². The zero-order valence-electron chi connectivity index (χ0n) is 19.5. The minimum Gasteiger partial charge on any atom is -0.462 e. The minimum atomic E-state index is -4.03. The molecule has 0 fully saturated rings. The predicted molar refractivity (Wildman–Crippen MR) is 135 cm³/mol. The SMILES string of the molecule is CCOC(=O)c1ccc(NC2=CC(=NS(=O)(=O)c3ccc(C)cc3C)c3ccccc3C2=O)cc1. The molecule has 0 heterocycles. The number of sulfonamides is 1. The van der Waals surface area contributed by atoms with Gasteiger partial charge in [-0.25, -0.2) is 4.79 Å². The van der Waals surface area contributed by atoms with E-state index in [2.05, 4.69) is 9.71 Å². The normalized spacial score (nSPS) is 14.3. The van der Waals surface area contributed by atoms with Gasteiger partial charge in [0, 0.05) is 16.8 Å². The number of ketones is 1. The van der Waals surface area contributed by atoms with Gasteiger partial charge in [-0.05, 0) is 62.7 Å². The molecule has 3 aromatic rings. The number of hydrogen-bond acceptors (Lipinski definition) is 6. The molecule has 0 aromatic heterocycles. The number of hydrogen-bond donors (Lipinski definition) is 1. The Morgan fingerprint density at radius 1 is 0.971 bits per heavy atom. The Labute approximate surface area is 204 Å². The van der Waals surface area contributed by atoms with Crippen molar-refractivity contribution < 1.29 is 22.7 Å². The molecule has 1 aliphatic rings. The lowest BCUT2D eigenvalue weighted by molar-refractivity contribution is 0.0526. The van der Waals surface area contributed by atoms with Crippen molar-refractivity contribution in [2.24, 2.45) is 4.40 Å². The molecule has 1 aliphatic carbocycles. The van der Waals surface area contributed by atoms with E-state index in [1.54, 1.807) is 74.5 Å². The summed E-state index contributed by atoms with van der Waals surface area (Å²) in [7, 11) is -4.03. The number of Topliss-reactive ketones (excluding diaryl/α,β-unsaturated/α-hetero) is 1. The van der Waals surface area contributed by atoms with E-state index >= 15 is 0 Å². The number of rotatable bonds is 6. The van der Waals surface area contributed by atoms with Crippen LogP contribution in [0.15, 0.2) is 87.8 Å². The van der Waals surface area contributed by atoms with Crippen molar-refractivity contribution in [3.8, 4) is 0 Å². The number of benzene rings is 3. The fraction of sp³-hybridized carbons (Fsp3) is 0.148. The Hall–Kier alpha value is -4.04. The summed E-state index contributed by atoms with van der Waals surface area (Å²) in [5, 5.41) is 3.03. The molecule has 178 valence electrons. The number of anilines is 1. The van der Waals surface area contributed by atoms with Gasteiger partial charge in [0.1, 0.15) is 0 Å². The molecule has 3 aromatic carbocycles. The van der Waals surface area contributed by atoms with Crippen LogP contribution in [0.25, 0.3) is 0 Å². The Balaban J connectivity index is 1.73. The topological polar surface area (TPSA) is 102 Å². The van der Waals surface area contributed by atoms with Gasteiger partial charge in [0.2, 0.25) is 5.78 Å². The van der Waals surface area contributed by atoms with Crippen molar-refractivity contribution >= 4 is 33.2 Å². The lowest BCUT2D eigenvalue weighted by atomic mass is 9.92. The molecule has 1 N–H and O–H groups in total. The number of carbonyl (C=O) groups is 2. The zero-order chi connectivity index (χ0) is 25.2. The first-order valence-corrected chi connectivity index (χ1v) is 12.5. The zero-order valence-corrected chi connectivity index (χ0v) is 20.3. The van der Waals surface area contributed by atoms with Crippen molar-refractivity contribution in [2.45, 2.75) is 25.7 Å². The van der Waals surface area contributed by atoms with E-state index in [9.17, 15) is 18.0 Å². The number of nitrogens with zero attached hydrogens (tertiary/aromatic N) is 1. The van der Waals surface area contributed by atoms with E-state index < -0.39 is 16.0 Å². The number of esters is 1. The molecule has 0 bridgehead atoms. The Morgan fingerprint density at radius 3 is 2.31 bits per heavy atom. The number of aryl methyl sites for hydroxylation is 2. The monoisotopic (exact) mass is 488 g/mol. The molecule has 7 nitrogen and oxygen atoms in total. The first-order valence-electron chi connectivity index (χ1n) is 11.0. The number of fused-ring (bicyclic) bond motifs is 1. The molecule has 0 spiro atoms. The Bertz CT molecular complexity index is 1490. The van der Waals surface area contributed by atoms with E-state index in [1.807, 2.05) is 6.92 Å². The van der Waals surface area contributed by atoms with Gasteiger partial charge >= 0.3 is 5.97 Å². The predicted octanol–water partition coefficient (Wildman–Crippen LogP) is 4.85. The lowest BCUT2D eigenvalue weighted by Crippen LogP contribution is -2.22. The summed E-state index contributed by atoms with van der Waals surface area (Å²) in [5.74, 6) is -0.732. The van der Waals surface area contributed by atoms with Crippen LogP contribution in [0.2, 0.25) is 0 Å². The first kappa shape index (κ1) is 24.1. The molecular weight excluding hydrogens is 464 g/mol. The maximum Gasteiger partial charge on any atom is 0.338 e. The Kier molecular flexibility index (Phi) is 6.66. The van der Waals surface area contributed by atoms with E-state index in [4.69, 9.17) is 4.74 Å². The van der Waals surface area contributed by atoms with Crippen LogP contribution in [-0.2, 0) is 14.8 Å². The summed E-state index contributed by atoms with van der Waals surface area (Å²) in [6.07, 6.45) is 1.44. The van der Waals surface area contributed by atoms with Crippen LogP contribution in [-0.4, -0.2) is 32.5 Å². The van der Waals surface area contributed by atoms with Crippen LogP contribution >= 0.6 is 0 Å². The molecule has 0 saturated heterocycles. The molecular formula is C27H24N2O5S. The third-order valence-electron chi connectivity index (χ3n) is 5.48. The average molecular weight is 489 g/mol. The van der Waals surface area contributed by atoms with Crippen LogP contribution in [0.4, 0.5) is 5.69 Å². The fourth-order valence-corrected chi connectivity index (χ4v) is 5.04. The molecule has 35 heavy (non-hydrogen) atoms. The molecule has 0 amide bonds. The second-order valence-electron chi connectivity index (χ2n) is 8.08. The second kappa shape index (κ2) is 9.68. The van der Waals surface area contributed by atoms with E-state index in [-0.39, 0.29) is 28.7 Å². The largest absolute Gasteiger partial charge is 0.462 e. The van der Waals surface area contributed by atoms with Crippen molar-refractivity contribution in [3.05, 3.63) is 106 Å². The summed E-state index contributed by atoms with van der Waals surface area (Å²) < 4.78 is 35.5. The fourth-order valence-electron chi connectivity index (χ4n) is 3.82. The summed E-state index contributed by atoms with van der Waals surface area (Å²) >= 11 is 0. The summed E-state index contributed by atoms with van der Waals surface area (Å²) in [4.78, 5) is 25.1. The lowest BCUT2D eigenvalue weighted by Gasteiger charge is -2.19. The van der Waals surface area contributed by atoms with E-state index in [0.717, 1.165) is 5.56 Å². The van der Waals surface area contributed by atoms with Gasteiger partial charge in [0.25, 0.3) is 10.0 Å². The minimum absolute atomic E-state index is 0.113. The highest BCUT2D eigenvalue weighted by Gasteiger charge is 2.26. The van der Waals surface area contributed by atoms with Crippen LogP contribution in [0.5, 0.6) is 0 Å². The summed E-state index contributed by atoms with van der Waals surface area (Å²) in [6.45, 7) is 5.61. The van der Waals surface area contributed by atoms with Crippen LogP contribution < -0.4 is 5.32 Å². The van der Waals surface area contributed by atoms with Gasteiger partial charge in [0.05, 0.1) is 28.5 Å². The molecule has 0 radical (unpaired) electrons. The highest BCUT2D eigenvalue weighted by atomic mass is 32.2. The molecule has 0 atom stereocenters. The van der Waals surface area contributed by atoms with Gasteiger partial charge in [0.15, 0.2) is 0 Å². The molecule has 4 rings (SSSR count). The Morgan fingerprint density at radius 2 is 1.66 bits per heavy atom. The van der Waals surface area contributed by atoms with Gasteiger partial charge in [-0.3, -0.25) is 4.79 Å². The highest BCUT2D eigenvalue weighted by Crippen LogP contribution is 2.26. The molecule has 0 aliphatic heterocycles. The van der Waals surface area contributed by atoms with Crippen molar-refractivity contribution in [1.82, 2.24) is 0 Å². The third kappa shape index (κ3) is 5.07. The first-order chi connectivity index (χ1) is 16.7. The third-order valence-corrected chi connectivity index (χ3v) is 6.93. The molecule has 0 unspecified atom stereocenters. The summed E-state index contributed by atoms with van der Waals surface area (Å²) in [6, 6.07) is 18.3. The maximum absolute atomic E-state index is 13.2. The average Bonchev–Trinajstić information content (AvgIpc) is 2.82. The quantitative estimate of drug-likeness (QED) is 0.498.